The van der Waals surface area contributed by atoms with E-state index in [0.717, 1.165) is 64.2 Å². The van der Waals surface area contributed by atoms with Crippen LogP contribution in [0.4, 0.5) is 0 Å². The highest BCUT2D eigenvalue weighted by Gasteiger charge is 2.73. The molecule has 0 aromatic rings. The minimum Gasteiger partial charge on any atom is -0.481 e. The summed E-state index contributed by atoms with van der Waals surface area (Å²) in [5.74, 6) is -1.54. The molecule has 7 fully saturated rings. The van der Waals surface area contributed by atoms with E-state index in [1.165, 1.54) is 11.1 Å². The minimum atomic E-state index is -0.769. The normalized spacial score (nSPS) is 50.4. The molecule has 0 aromatic carbocycles. The maximum atomic E-state index is 14.3. The van der Waals surface area contributed by atoms with Crippen molar-refractivity contribution < 1.29 is 39.0 Å². The summed E-state index contributed by atoms with van der Waals surface area (Å²) >= 11 is 0. The van der Waals surface area contributed by atoms with Crippen LogP contribution in [0.2, 0.25) is 0 Å². The molecule has 17 atom stereocenters. The molecule has 2 N–H and O–H groups in total. The number of carboxylic acid groups (broad SMARTS) is 2. The van der Waals surface area contributed by atoms with Crippen molar-refractivity contribution in [1.82, 2.24) is 0 Å². The van der Waals surface area contributed by atoms with Gasteiger partial charge in [0.05, 0.1) is 17.4 Å². The summed E-state index contributed by atoms with van der Waals surface area (Å²) < 4.78 is 0. The number of ketones is 4. The zero-order valence-corrected chi connectivity index (χ0v) is 46.1. The summed E-state index contributed by atoms with van der Waals surface area (Å²) in [5, 5.41) is 20.1. The lowest BCUT2D eigenvalue weighted by Crippen LogP contribution is -2.67. The molecule has 0 amide bonds. The Morgan fingerprint density at radius 1 is 0.556 bits per heavy atom. The summed E-state index contributed by atoms with van der Waals surface area (Å²) in [5.41, 5.74) is -2.25. The Bertz CT molecular complexity index is 2680. The van der Waals surface area contributed by atoms with Crippen molar-refractivity contribution in [3.05, 3.63) is 57.9 Å². The minimum absolute atomic E-state index is 0.00224. The number of aliphatic carboxylic acids is 2. The number of rotatable bonds is 2. The van der Waals surface area contributed by atoms with Gasteiger partial charge in [-0.2, -0.15) is 0 Å². The molecule has 0 saturated heterocycles. The molecule has 10 aliphatic rings. The van der Waals surface area contributed by atoms with Gasteiger partial charge in [0, 0.05) is 29.1 Å². The summed E-state index contributed by atoms with van der Waals surface area (Å²) in [6, 6.07) is -0.682. The molecule has 0 bridgehead atoms. The van der Waals surface area contributed by atoms with E-state index in [-0.39, 0.29) is 96.8 Å². The topological polar surface area (TPSA) is 152 Å². The summed E-state index contributed by atoms with van der Waals surface area (Å²) in [6.45, 7) is 45.3. The lowest BCUT2D eigenvalue weighted by Gasteiger charge is -2.69. The molecule has 72 heavy (non-hydrogen) atoms. The van der Waals surface area contributed by atoms with E-state index in [0.29, 0.717) is 32.1 Å². The molecule has 0 aromatic heterocycles. The van der Waals surface area contributed by atoms with Gasteiger partial charge in [-0.15, -0.1) is 0 Å². The number of carboxylic acids is 2. The maximum absolute atomic E-state index is 14.3. The molecule has 10 nitrogen and oxygen atoms in total. The van der Waals surface area contributed by atoms with E-state index < -0.39 is 50.5 Å². The average Bonchev–Trinajstić information content (AvgIpc) is 3.28. The van der Waals surface area contributed by atoms with E-state index in [9.17, 15) is 39.0 Å². The quantitative estimate of drug-likeness (QED) is 0.260. The SMILES string of the molecule is [C-]#[N+]C1=C[C@]2(C)[C@H]3C(=O)C=C4[C@@H]5C[C@@](C)(C(=O)O)CC[C@]5(C)CC[C@@]4(C)[C@]3(C)CC[C@H]2C(C)(C)C1=O.[C-]#[N+]C1C[C@]2(C)[C@H]3C(=O)C=C4[C@@H]5C[C@@](C)(C(=O)O)CC[C@]5(C)CC[C@@]4(C)[C@]3(C)CC[C@H]2C(C)(C)C1=O. The van der Waals surface area contributed by atoms with Gasteiger partial charge in [0.1, 0.15) is 0 Å². The van der Waals surface area contributed by atoms with Gasteiger partial charge in [-0.3, -0.25) is 24.0 Å². The lowest BCUT2D eigenvalue weighted by atomic mass is 9.33. The third kappa shape index (κ3) is 6.53. The van der Waals surface area contributed by atoms with Gasteiger partial charge in [0.2, 0.25) is 11.5 Å². The molecule has 1 unspecified atom stereocenters. The van der Waals surface area contributed by atoms with Crippen molar-refractivity contribution in [1.29, 1.82) is 0 Å². The van der Waals surface area contributed by atoms with Crippen LogP contribution in [0.5, 0.6) is 0 Å². The first-order valence-electron chi connectivity index (χ1n) is 27.6. The maximum Gasteiger partial charge on any atom is 0.309 e. The number of Topliss-reactive ketones (excluding diaryl/α,β-unsaturated/α-hetero) is 2. The van der Waals surface area contributed by atoms with Crippen LogP contribution in [-0.4, -0.2) is 51.3 Å². The first-order chi connectivity index (χ1) is 33.0. The van der Waals surface area contributed by atoms with Crippen molar-refractivity contribution in [2.24, 2.45) is 100 Å². The highest BCUT2D eigenvalue weighted by molar-refractivity contribution is 6.03. The molecule has 10 aliphatic carbocycles. The third-order valence-corrected chi connectivity index (χ3v) is 25.5. The Morgan fingerprint density at radius 3 is 1.43 bits per heavy atom. The van der Waals surface area contributed by atoms with Gasteiger partial charge >= 0.3 is 11.9 Å². The second-order valence-electron chi connectivity index (χ2n) is 29.6. The second-order valence-corrected chi connectivity index (χ2v) is 29.6. The van der Waals surface area contributed by atoms with Crippen LogP contribution in [0, 0.1) is 114 Å². The predicted octanol–water partition coefficient (Wildman–Crippen LogP) is 13.2. The van der Waals surface area contributed by atoms with Crippen LogP contribution in [0.25, 0.3) is 9.69 Å². The van der Waals surface area contributed by atoms with Gasteiger partial charge in [0.15, 0.2) is 17.3 Å². The van der Waals surface area contributed by atoms with Crippen molar-refractivity contribution in [2.45, 2.75) is 199 Å². The van der Waals surface area contributed by atoms with Crippen molar-refractivity contribution in [3.8, 4) is 0 Å². The van der Waals surface area contributed by atoms with E-state index in [4.69, 9.17) is 13.1 Å². The molecule has 0 aliphatic heterocycles. The van der Waals surface area contributed by atoms with Crippen LogP contribution in [-0.2, 0) is 28.8 Å². The fraction of sp³-hybridized carbons (Fsp3) is 0.774. The van der Waals surface area contributed by atoms with Gasteiger partial charge < -0.3 is 19.9 Å². The molecule has 0 heterocycles. The third-order valence-electron chi connectivity index (χ3n) is 25.5. The molecule has 390 valence electrons. The zero-order valence-electron chi connectivity index (χ0n) is 46.1. The number of carbonyl (C=O) groups excluding carboxylic acids is 4. The first kappa shape index (κ1) is 52.7. The highest BCUT2D eigenvalue weighted by Crippen LogP contribution is 2.77. The van der Waals surface area contributed by atoms with Gasteiger partial charge in [0.25, 0.3) is 6.04 Å². The molecule has 0 radical (unpaired) electrons. The first-order valence-corrected chi connectivity index (χ1v) is 27.6. The fourth-order valence-corrected chi connectivity index (χ4v) is 20.4. The van der Waals surface area contributed by atoms with E-state index in [1.807, 2.05) is 59.8 Å². The van der Waals surface area contributed by atoms with Gasteiger partial charge in [-0.1, -0.05) is 100 Å². The van der Waals surface area contributed by atoms with Crippen LogP contribution in [0.1, 0.15) is 193 Å². The van der Waals surface area contributed by atoms with E-state index in [2.05, 4.69) is 65.1 Å². The number of hydrogen-bond acceptors (Lipinski definition) is 6. The molecule has 10 heteroatoms. The van der Waals surface area contributed by atoms with Crippen LogP contribution in [0.3, 0.4) is 0 Å². The van der Waals surface area contributed by atoms with Crippen LogP contribution >= 0.6 is 0 Å². The average molecular weight is 985 g/mol. The molecular weight excluding hydrogens is 901 g/mol. The van der Waals surface area contributed by atoms with Crippen molar-refractivity contribution >= 4 is 35.1 Å². The summed E-state index contributed by atoms with van der Waals surface area (Å²) in [7, 11) is 0. The number of nitrogens with zero attached hydrogens (tertiary/aromatic N) is 2. The Balaban J connectivity index is 0.000000178. The highest BCUT2D eigenvalue weighted by atomic mass is 16.4. The number of allylic oxidation sites excluding steroid dienone is 6. The van der Waals surface area contributed by atoms with E-state index in [1.54, 1.807) is 0 Å². The Kier molecular flexibility index (Phi) is 11.5. The fourth-order valence-electron chi connectivity index (χ4n) is 20.4. The number of carbonyl (C=O) groups is 6. The lowest BCUT2D eigenvalue weighted by molar-refractivity contribution is -0.188. The Hall–Kier alpha value is -4.18. The number of fused-ring (bicyclic) bond motifs is 14. The second kappa shape index (κ2) is 15.7. The predicted molar refractivity (Wildman–Crippen MR) is 275 cm³/mol. The Morgan fingerprint density at radius 2 is 0.986 bits per heavy atom. The monoisotopic (exact) mass is 985 g/mol. The van der Waals surface area contributed by atoms with Crippen molar-refractivity contribution in [2.75, 3.05) is 0 Å². The van der Waals surface area contributed by atoms with Crippen molar-refractivity contribution in [3.63, 3.8) is 0 Å². The standard InChI is InChI=1S/C31H43NO4.C31H41NO4/c2*1-26(2)22-9-10-31(7)23(29(22,5)17-20(32-8)24(26)34)21(33)15-18-19-16-28(4,25(35)36)12-11-27(19,3)13-14-30(18,31)6/h15,19-20,22-23H,9-14,16-17H2,1-7H3,(H,35,36);15,17,19,22-23H,9-14,16H2,1-7H3,(H,35,36)/t19-,20?,22-,23+,27+,28-,29-,30+,31+;19-,22-,23+,27+,28-,29-,30+,31+/m00/s1. The molecular formula is C62H84N2O8. The molecule has 0 spiro atoms. The van der Waals surface area contributed by atoms with Gasteiger partial charge in [-0.05, 0) is 183 Å². The summed E-state index contributed by atoms with van der Waals surface area (Å²) in [6.07, 6.45) is 18.0. The number of hydrogen-bond donors (Lipinski definition) is 2. The van der Waals surface area contributed by atoms with E-state index >= 15 is 0 Å². The van der Waals surface area contributed by atoms with Crippen LogP contribution in [0.15, 0.2) is 35.1 Å². The Labute approximate surface area is 430 Å². The largest absolute Gasteiger partial charge is 0.481 e. The van der Waals surface area contributed by atoms with Gasteiger partial charge in [-0.25, -0.2) is 11.4 Å². The summed E-state index contributed by atoms with van der Waals surface area (Å²) in [4.78, 5) is 86.9. The zero-order chi connectivity index (χ0) is 53.4. The van der Waals surface area contributed by atoms with Crippen LogP contribution < -0.4 is 0 Å². The smallest absolute Gasteiger partial charge is 0.309 e. The molecule has 10 rings (SSSR count). The molecule has 7 saturated carbocycles.